The van der Waals surface area contributed by atoms with Gasteiger partial charge in [-0.2, -0.15) is 0 Å². The van der Waals surface area contributed by atoms with Crippen molar-refractivity contribution in [1.82, 2.24) is 0 Å². The molecule has 1 aromatic rings. The van der Waals surface area contributed by atoms with Crippen molar-refractivity contribution in [2.45, 2.75) is 6.92 Å². The number of hydrogen-bond donors (Lipinski definition) is 1. The summed E-state index contributed by atoms with van der Waals surface area (Å²) in [5, 5.41) is 12.9. The van der Waals surface area contributed by atoms with Crippen LogP contribution in [0.4, 0.5) is 0 Å². The minimum Gasteiger partial charge on any atom is -0.479 e. The summed E-state index contributed by atoms with van der Waals surface area (Å²) < 4.78 is 0. The van der Waals surface area contributed by atoms with Crippen molar-refractivity contribution in [3.8, 4) is 0 Å². The minimum absolute atomic E-state index is 0.438. The van der Waals surface area contributed by atoms with Gasteiger partial charge in [0.05, 0.1) is 10.7 Å². The molecule has 0 aromatic heterocycles. The van der Waals surface area contributed by atoms with Crippen molar-refractivity contribution in [1.29, 1.82) is 0 Å². The first-order valence-corrected chi connectivity index (χ1v) is 5.10. The molecule has 16 heavy (non-hydrogen) atoms. The number of hydrogen-bond acceptors (Lipinski definition) is 3. The zero-order chi connectivity index (χ0) is 12.1. The van der Waals surface area contributed by atoms with E-state index in [2.05, 4.69) is 9.99 Å². The Kier molecular flexibility index (Phi) is 4.58. The molecule has 4 nitrogen and oxygen atoms in total. The standard InChI is InChI=1S/C10H9Cl2NO3/c1-6(13-16-5-10(14)15)8-3-2-7(11)4-9(8)12/h2-4H,5H2,1H3,(H,14,15)/b13-6+. The lowest BCUT2D eigenvalue weighted by Crippen LogP contribution is -2.05. The lowest BCUT2D eigenvalue weighted by molar-refractivity contribution is -0.142. The highest BCUT2D eigenvalue weighted by atomic mass is 35.5. The predicted octanol–water partition coefficient (Wildman–Crippen LogP) is 2.82. The van der Waals surface area contributed by atoms with E-state index in [0.29, 0.717) is 21.3 Å². The Balaban J connectivity index is 2.79. The number of aliphatic carboxylic acids is 1. The van der Waals surface area contributed by atoms with E-state index >= 15 is 0 Å². The van der Waals surface area contributed by atoms with Gasteiger partial charge in [-0.25, -0.2) is 4.79 Å². The Bertz CT molecular complexity index is 432. The van der Waals surface area contributed by atoms with E-state index in [-0.39, 0.29) is 0 Å². The van der Waals surface area contributed by atoms with E-state index < -0.39 is 12.6 Å². The molecule has 86 valence electrons. The molecule has 1 rings (SSSR count). The second-order valence-corrected chi connectivity index (χ2v) is 3.81. The number of nitrogens with zero attached hydrogens (tertiary/aromatic N) is 1. The van der Waals surface area contributed by atoms with Gasteiger partial charge in [0.1, 0.15) is 0 Å². The average molecular weight is 262 g/mol. The minimum atomic E-state index is -1.08. The number of carbonyl (C=O) groups is 1. The molecule has 0 radical (unpaired) electrons. The van der Waals surface area contributed by atoms with E-state index in [9.17, 15) is 4.79 Å². The van der Waals surface area contributed by atoms with Gasteiger partial charge < -0.3 is 9.94 Å². The Morgan fingerprint density at radius 1 is 1.50 bits per heavy atom. The topological polar surface area (TPSA) is 58.9 Å². The van der Waals surface area contributed by atoms with E-state index in [1.165, 1.54) is 0 Å². The monoisotopic (exact) mass is 261 g/mol. The number of benzene rings is 1. The normalized spacial score (nSPS) is 11.3. The van der Waals surface area contributed by atoms with Crippen molar-refractivity contribution >= 4 is 34.9 Å². The zero-order valence-corrected chi connectivity index (χ0v) is 9.92. The third-order valence-corrected chi connectivity index (χ3v) is 2.26. The van der Waals surface area contributed by atoms with Gasteiger partial charge in [0, 0.05) is 10.6 Å². The van der Waals surface area contributed by atoms with Crippen molar-refractivity contribution in [2.75, 3.05) is 6.61 Å². The molecule has 0 aliphatic carbocycles. The molecule has 0 saturated carbocycles. The summed E-state index contributed by atoms with van der Waals surface area (Å²) >= 11 is 11.7. The average Bonchev–Trinajstić information content (AvgIpc) is 2.16. The number of carboxylic acids is 1. The largest absolute Gasteiger partial charge is 0.479 e. The number of carboxylic acid groups (broad SMARTS) is 1. The van der Waals surface area contributed by atoms with Crippen LogP contribution in [0.25, 0.3) is 0 Å². The first-order valence-electron chi connectivity index (χ1n) is 4.34. The van der Waals surface area contributed by atoms with Gasteiger partial charge in [0.15, 0.2) is 0 Å². The molecule has 0 heterocycles. The molecule has 0 saturated heterocycles. The summed E-state index contributed by atoms with van der Waals surface area (Å²) in [6.45, 7) is 1.18. The van der Waals surface area contributed by atoms with Crippen LogP contribution in [-0.4, -0.2) is 23.4 Å². The first kappa shape index (κ1) is 12.8. The predicted molar refractivity (Wildman–Crippen MR) is 62.3 cm³/mol. The molecule has 0 bridgehead atoms. The quantitative estimate of drug-likeness (QED) is 0.670. The van der Waals surface area contributed by atoms with Gasteiger partial charge in [-0.05, 0) is 19.1 Å². The summed E-state index contributed by atoms with van der Waals surface area (Å²) in [5.41, 5.74) is 1.14. The van der Waals surface area contributed by atoms with Crippen LogP contribution in [0.15, 0.2) is 23.4 Å². The third kappa shape index (κ3) is 3.72. The van der Waals surface area contributed by atoms with Gasteiger partial charge >= 0.3 is 5.97 Å². The molecule has 0 spiro atoms. The van der Waals surface area contributed by atoms with Gasteiger partial charge in [-0.3, -0.25) is 0 Å². The van der Waals surface area contributed by atoms with Crippen LogP contribution in [0.1, 0.15) is 12.5 Å². The highest BCUT2D eigenvalue weighted by Gasteiger charge is 2.05. The molecule has 0 amide bonds. The molecular formula is C10H9Cl2NO3. The Hall–Kier alpha value is -1.26. The van der Waals surface area contributed by atoms with Crippen molar-refractivity contribution < 1.29 is 14.7 Å². The maximum absolute atomic E-state index is 10.2. The number of halogens is 2. The van der Waals surface area contributed by atoms with Gasteiger partial charge in [-0.15, -0.1) is 0 Å². The van der Waals surface area contributed by atoms with Crippen LogP contribution < -0.4 is 0 Å². The van der Waals surface area contributed by atoms with E-state index in [0.717, 1.165) is 0 Å². The Morgan fingerprint density at radius 2 is 2.19 bits per heavy atom. The highest BCUT2D eigenvalue weighted by molar-refractivity contribution is 6.36. The first-order chi connectivity index (χ1) is 7.50. The summed E-state index contributed by atoms with van der Waals surface area (Å²) in [6, 6.07) is 4.93. The Morgan fingerprint density at radius 3 is 2.75 bits per heavy atom. The number of oxime groups is 1. The van der Waals surface area contributed by atoms with Gasteiger partial charge in [0.2, 0.25) is 6.61 Å². The van der Waals surface area contributed by atoms with Crippen LogP contribution in [-0.2, 0) is 9.63 Å². The molecule has 0 aliphatic heterocycles. The molecule has 6 heteroatoms. The fourth-order valence-corrected chi connectivity index (χ4v) is 1.56. The fourth-order valence-electron chi connectivity index (χ4n) is 1.02. The maximum Gasteiger partial charge on any atom is 0.344 e. The molecule has 0 fully saturated rings. The summed E-state index contributed by atoms with van der Waals surface area (Å²) in [4.78, 5) is 14.8. The second kappa shape index (κ2) is 5.72. The van der Waals surface area contributed by atoms with Crippen LogP contribution in [0.2, 0.25) is 10.0 Å². The molecule has 1 N–H and O–H groups in total. The van der Waals surface area contributed by atoms with Crippen molar-refractivity contribution in [3.05, 3.63) is 33.8 Å². The highest BCUT2D eigenvalue weighted by Crippen LogP contribution is 2.21. The fraction of sp³-hybridized carbons (Fsp3) is 0.200. The molecule has 0 atom stereocenters. The summed E-state index contributed by atoms with van der Waals surface area (Å²) in [6.07, 6.45) is 0. The van der Waals surface area contributed by atoms with E-state index in [1.807, 2.05) is 0 Å². The lowest BCUT2D eigenvalue weighted by atomic mass is 10.1. The zero-order valence-electron chi connectivity index (χ0n) is 8.41. The number of rotatable bonds is 4. The summed E-state index contributed by atoms with van der Waals surface area (Å²) in [7, 11) is 0. The summed E-state index contributed by atoms with van der Waals surface area (Å²) in [5.74, 6) is -1.08. The van der Waals surface area contributed by atoms with Crippen LogP contribution in [0, 0.1) is 0 Å². The van der Waals surface area contributed by atoms with Crippen LogP contribution in [0.3, 0.4) is 0 Å². The van der Waals surface area contributed by atoms with E-state index in [4.69, 9.17) is 28.3 Å². The SMILES string of the molecule is C/C(=N\OCC(=O)O)c1ccc(Cl)cc1Cl. The maximum atomic E-state index is 10.2. The molecule has 0 aliphatic rings. The smallest absolute Gasteiger partial charge is 0.344 e. The molecule has 0 unspecified atom stereocenters. The third-order valence-electron chi connectivity index (χ3n) is 1.71. The van der Waals surface area contributed by atoms with Gasteiger partial charge in [0.25, 0.3) is 0 Å². The molecular weight excluding hydrogens is 253 g/mol. The van der Waals surface area contributed by atoms with Crippen molar-refractivity contribution in [3.63, 3.8) is 0 Å². The van der Waals surface area contributed by atoms with E-state index in [1.54, 1.807) is 25.1 Å². The van der Waals surface area contributed by atoms with Gasteiger partial charge in [-0.1, -0.05) is 34.4 Å². The van der Waals surface area contributed by atoms with Crippen LogP contribution >= 0.6 is 23.2 Å². The molecule has 1 aromatic carbocycles. The second-order valence-electron chi connectivity index (χ2n) is 2.97. The van der Waals surface area contributed by atoms with Crippen LogP contribution in [0.5, 0.6) is 0 Å². The van der Waals surface area contributed by atoms with Crippen molar-refractivity contribution in [2.24, 2.45) is 5.16 Å². The Labute approximate surface area is 102 Å². The lowest BCUT2D eigenvalue weighted by Gasteiger charge is -2.03.